The monoisotopic (exact) mass is 336 g/mol. The first-order valence-corrected chi connectivity index (χ1v) is 7.60. The summed E-state index contributed by atoms with van der Waals surface area (Å²) in [6, 6.07) is 6.63. The van der Waals surface area contributed by atoms with Gasteiger partial charge in [-0.3, -0.25) is 0 Å². The molecule has 1 atom stereocenters. The number of carboxylic acid groups (broad SMARTS) is 1. The maximum atomic E-state index is 11.5. The summed E-state index contributed by atoms with van der Waals surface area (Å²) in [5, 5.41) is 21.4. The van der Waals surface area contributed by atoms with E-state index in [-0.39, 0.29) is 5.92 Å². The molecular formula is C15H17BrN2O2. The summed E-state index contributed by atoms with van der Waals surface area (Å²) in [5.74, 6) is -0.642. The largest absolute Gasteiger partial charge is 0.480 e. The first-order valence-electron chi connectivity index (χ1n) is 6.81. The van der Waals surface area contributed by atoms with Gasteiger partial charge in [-0.15, -0.1) is 0 Å². The SMILES string of the molecule is N#Cc1ccc(NC(C(=O)O)C2CCCCC2)c(Br)c1. The molecule has 4 nitrogen and oxygen atoms in total. The number of aliphatic carboxylic acids is 1. The Morgan fingerprint density at radius 2 is 2.10 bits per heavy atom. The molecule has 0 spiro atoms. The maximum Gasteiger partial charge on any atom is 0.326 e. The van der Waals surface area contributed by atoms with Crippen LogP contribution in [-0.2, 0) is 4.79 Å². The maximum absolute atomic E-state index is 11.5. The standard InChI is InChI=1S/C15H17BrN2O2/c16-12-8-10(9-17)6-7-13(12)18-14(15(19)20)11-4-2-1-3-5-11/h6-8,11,14,18H,1-5H2,(H,19,20). The molecule has 2 N–H and O–H groups in total. The van der Waals surface area contributed by atoms with Gasteiger partial charge < -0.3 is 10.4 Å². The second-order valence-corrected chi connectivity index (χ2v) is 6.02. The summed E-state index contributed by atoms with van der Waals surface area (Å²) in [7, 11) is 0. The number of halogens is 1. The van der Waals surface area contributed by atoms with E-state index in [1.54, 1.807) is 18.2 Å². The van der Waals surface area contributed by atoms with Crippen LogP contribution in [0.1, 0.15) is 37.7 Å². The number of carbonyl (C=O) groups is 1. The number of anilines is 1. The molecule has 1 saturated carbocycles. The highest BCUT2D eigenvalue weighted by Crippen LogP contribution is 2.31. The van der Waals surface area contributed by atoms with E-state index < -0.39 is 12.0 Å². The van der Waals surface area contributed by atoms with Crippen LogP contribution in [0.3, 0.4) is 0 Å². The van der Waals surface area contributed by atoms with E-state index in [2.05, 4.69) is 27.3 Å². The fourth-order valence-electron chi connectivity index (χ4n) is 2.72. The van der Waals surface area contributed by atoms with Gasteiger partial charge in [0.1, 0.15) is 6.04 Å². The van der Waals surface area contributed by atoms with Crippen molar-refractivity contribution in [3.8, 4) is 6.07 Å². The molecule has 2 rings (SSSR count). The predicted molar refractivity (Wildman–Crippen MR) is 80.5 cm³/mol. The van der Waals surface area contributed by atoms with Crippen LogP contribution in [-0.4, -0.2) is 17.1 Å². The van der Waals surface area contributed by atoms with E-state index in [1.165, 1.54) is 6.42 Å². The van der Waals surface area contributed by atoms with Gasteiger partial charge in [-0.25, -0.2) is 4.79 Å². The lowest BCUT2D eigenvalue weighted by Gasteiger charge is -2.29. The van der Waals surface area contributed by atoms with Gasteiger partial charge in [0.2, 0.25) is 0 Å². The lowest BCUT2D eigenvalue weighted by molar-refractivity contribution is -0.139. The lowest BCUT2D eigenvalue weighted by Crippen LogP contribution is -2.38. The zero-order valence-corrected chi connectivity index (χ0v) is 12.7. The number of hydrogen-bond donors (Lipinski definition) is 2. The van der Waals surface area contributed by atoms with Crippen molar-refractivity contribution in [3.05, 3.63) is 28.2 Å². The molecule has 20 heavy (non-hydrogen) atoms. The summed E-state index contributed by atoms with van der Waals surface area (Å²) in [6.07, 6.45) is 5.31. The van der Waals surface area contributed by atoms with Crippen LogP contribution in [0.15, 0.2) is 22.7 Å². The molecule has 0 bridgehead atoms. The number of nitriles is 1. The molecule has 1 unspecified atom stereocenters. The van der Waals surface area contributed by atoms with Crippen LogP contribution in [0.2, 0.25) is 0 Å². The van der Waals surface area contributed by atoms with E-state index in [9.17, 15) is 9.90 Å². The van der Waals surface area contributed by atoms with Crippen LogP contribution in [0.5, 0.6) is 0 Å². The quantitative estimate of drug-likeness (QED) is 0.877. The van der Waals surface area contributed by atoms with Crippen molar-refractivity contribution in [2.75, 3.05) is 5.32 Å². The molecular weight excluding hydrogens is 320 g/mol. The van der Waals surface area contributed by atoms with Crippen LogP contribution in [0.25, 0.3) is 0 Å². The third kappa shape index (κ3) is 3.51. The minimum atomic E-state index is -0.812. The molecule has 0 amide bonds. The fourth-order valence-corrected chi connectivity index (χ4v) is 3.21. The topological polar surface area (TPSA) is 73.1 Å². The number of benzene rings is 1. The van der Waals surface area contributed by atoms with Crippen LogP contribution >= 0.6 is 15.9 Å². The smallest absolute Gasteiger partial charge is 0.326 e. The average Bonchev–Trinajstić information content (AvgIpc) is 2.46. The molecule has 1 aromatic rings. The van der Waals surface area contributed by atoms with Crippen molar-refractivity contribution in [1.82, 2.24) is 0 Å². The number of rotatable bonds is 4. The Balaban J connectivity index is 2.16. The molecule has 1 aliphatic carbocycles. The summed E-state index contributed by atoms with van der Waals surface area (Å²) in [4.78, 5) is 11.5. The highest BCUT2D eigenvalue weighted by Gasteiger charge is 2.29. The molecule has 5 heteroatoms. The molecule has 1 aromatic carbocycles. The second-order valence-electron chi connectivity index (χ2n) is 5.16. The van der Waals surface area contributed by atoms with Gasteiger partial charge >= 0.3 is 5.97 Å². The summed E-state index contributed by atoms with van der Waals surface area (Å²) in [6.45, 7) is 0. The van der Waals surface area contributed by atoms with Crippen molar-refractivity contribution in [3.63, 3.8) is 0 Å². The number of hydrogen-bond acceptors (Lipinski definition) is 3. The third-order valence-electron chi connectivity index (χ3n) is 3.80. The number of nitrogens with one attached hydrogen (secondary N) is 1. The van der Waals surface area contributed by atoms with Crippen LogP contribution in [0, 0.1) is 17.2 Å². The first kappa shape index (κ1) is 14.9. The van der Waals surface area contributed by atoms with Gasteiger partial charge in [0.15, 0.2) is 0 Å². The van der Waals surface area contributed by atoms with Gasteiger partial charge in [-0.2, -0.15) is 5.26 Å². The van der Waals surface area contributed by atoms with E-state index in [4.69, 9.17) is 5.26 Å². The van der Waals surface area contributed by atoms with Gasteiger partial charge in [0, 0.05) is 10.2 Å². The highest BCUT2D eigenvalue weighted by molar-refractivity contribution is 9.10. The molecule has 1 fully saturated rings. The summed E-state index contributed by atoms with van der Waals surface area (Å²) in [5.41, 5.74) is 1.27. The Kier molecular flexibility index (Phi) is 5.02. The molecule has 106 valence electrons. The van der Waals surface area contributed by atoms with Crippen molar-refractivity contribution in [2.45, 2.75) is 38.1 Å². The third-order valence-corrected chi connectivity index (χ3v) is 4.45. The van der Waals surface area contributed by atoms with Gasteiger partial charge in [-0.05, 0) is 52.9 Å². The summed E-state index contributed by atoms with van der Waals surface area (Å²) < 4.78 is 0.721. The highest BCUT2D eigenvalue weighted by atomic mass is 79.9. The van der Waals surface area contributed by atoms with Gasteiger partial charge in [0.25, 0.3) is 0 Å². The molecule has 0 radical (unpaired) electrons. The number of nitrogens with zero attached hydrogens (tertiary/aromatic N) is 1. The molecule has 0 aromatic heterocycles. The Hall–Kier alpha value is -1.54. The minimum absolute atomic E-state index is 0.170. The van der Waals surface area contributed by atoms with E-state index in [0.717, 1.165) is 35.8 Å². The first-order chi connectivity index (χ1) is 9.61. The number of carboxylic acids is 1. The Labute approximate surface area is 126 Å². The Morgan fingerprint density at radius 3 is 2.65 bits per heavy atom. The lowest BCUT2D eigenvalue weighted by atomic mass is 9.84. The summed E-state index contributed by atoms with van der Waals surface area (Å²) >= 11 is 3.38. The van der Waals surface area contributed by atoms with Crippen LogP contribution < -0.4 is 5.32 Å². The Bertz CT molecular complexity index is 533. The van der Waals surface area contributed by atoms with E-state index >= 15 is 0 Å². The van der Waals surface area contributed by atoms with Crippen molar-refractivity contribution >= 4 is 27.6 Å². The molecule has 0 heterocycles. The second kappa shape index (κ2) is 6.76. The normalized spacial score (nSPS) is 17.2. The molecule has 0 saturated heterocycles. The zero-order valence-electron chi connectivity index (χ0n) is 11.1. The molecule has 1 aliphatic rings. The van der Waals surface area contributed by atoms with Gasteiger partial charge in [0.05, 0.1) is 11.6 Å². The van der Waals surface area contributed by atoms with Crippen molar-refractivity contribution in [2.24, 2.45) is 5.92 Å². The van der Waals surface area contributed by atoms with Crippen LogP contribution in [0.4, 0.5) is 5.69 Å². The van der Waals surface area contributed by atoms with E-state index in [0.29, 0.717) is 5.56 Å². The fraction of sp³-hybridized carbons (Fsp3) is 0.467. The molecule has 0 aliphatic heterocycles. The van der Waals surface area contributed by atoms with Gasteiger partial charge in [-0.1, -0.05) is 19.3 Å². The zero-order chi connectivity index (χ0) is 14.5. The van der Waals surface area contributed by atoms with E-state index in [1.807, 2.05) is 0 Å². The average molecular weight is 337 g/mol. The minimum Gasteiger partial charge on any atom is -0.480 e. The van der Waals surface area contributed by atoms with Crippen molar-refractivity contribution in [1.29, 1.82) is 5.26 Å². The predicted octanol–water partition coefficient (Wildman–Crippen LogP) is 3.77. The Morgan fingerprint density at radius 1 is 1.40 bits per heavy atom. The van der Waals surface area contributed by atoms with Crippen molar-refractivity contribution < 1.29 is 9.90 Å².